The Morgan fingerprint density at radius 1 is 1.05 bits per heavy atom. The highest BCUT2D eigenvalue weighted by Gasteiger charge is 2.14. The molecule has 1 amide bonds. The number of halogens is 1. The summed E-state index contributed by atoms with van der Waals surface area (Å²) in [6, 6.07) is 14.1. The number of amides is 1. The number of carbonyl (C=O) groups excluding carboxylic acids is 2. The average Bonchev–Trinajstić information content (AvgIpc) is 2.41. The van der Waals surface area contributed by atoms with E-state index in [2.05, 4.69) is 27.9 Å². The van der Waals surface area contributed by atoms with Crippen molar-refractivity contribution < 1.29 is 14.3 Å². The van der Waals surface area contributed by atoms with Crippen LogP contribution >= 0.6 is 22.6 Å². The Labute approximate surface area is 130 Å². The molecule has 2 aromatic carbocycles. The topological polar surface area (TPSA) is 55.4 Å². The van der Waals surface area contributed by atoms with Gasteiger partial charge in [-0.1, -0.05) is 24.3 Å². The van der Waals surface area contributed by atoms with Crippen molar-refractivity contribution in [2.45, 2.75) is 6.92 Å². The van der Waals surface area contributed by atoms with E-state index in [9.17, 15) is 9.59 Å². The predicted octanol–water partition coefficient (Wildman–Crippen LogP) is 3.47. The molecule has 0 fully saturated rings. The minimum atomic E-state index is -0.459. The Hall–Kier alpha value is -1.89. The van der Waals surface area contributed by atoms with Crippen LogP contribution in [0.5, 0.6) is 5.75 Å². The number of carbonyl (C=O) groups is 2. The molecule has 0 unspecified atom stereocenters. The highest BCUT2D eigenvalue weighted by Crippen LogP contribution is 2.22. The number of ether oxygens (including phenoxy) is 1. The third-order valence-corrected chi connectivity index (χ3v) is 3.45. The second-order valence-corrected chi connectivity index (χ2v) is 5.19. The van der Waals surface area contributed by atoms with E-state index in [-0.39, 0.29) is 11.7 Å². The zero-order valence-corrected chi connectivity index (χ0v) is 12.9. The molecular formula is C15H12INO3. The van der Waals surface area contributed by atoms with Crippen LogP contribution in [0, 0.1) is 3.57 Å². The summed E-state index contributed by atoms with van der Waals surface area (Å²) in [5.74, 6) is -0.519. The Morgan fingerprint density at radius 2 is 1.70 bits per heavy atom. The van der Waals surface area contributed by atoms with Gasteiger partial charge in [0.05, 0.1) is 11.3 Å². The molecule has 4 nitrogen and oxygen atoms in total. The maximum Gasteiger partial charge on any atom is 0.308 e. The van der Waals surface area contributed by atoms with E-state index >= 15 is 0 Å². The SMILES string of the molecule is CC(=O)Oc1ccccc1C(=O)Nc1ccccc1I. The van der Waals surface area contributed by atoms with Gasteiger partial charge in [0.15, 0.2) is 0 Å². The fourth-order valence-corrected chi connectivity index (χ4v) is 2.17. The van der Waals surface area contributed by atoms with Crippen molar-refractivity contribution in [2.24, 2.45) is 0 Å². The third-order valence-electron chi connectivity index (χ3n) is 2.51. The number of anilines is 1. The lowest BCUT2D eigenvalue weighted by Crippen LogP contribution is -2.15. The molecule has 5 heteroatoms. The molecule has 102 valence electrons. The van der Waals surface area contributed by atoms with E-state index in [0.29, 0.717) is 5.56 Å². The monoisotopic (exact) mass is 381 g/mol. The molecule has 20 heavy (non-hydrogen) atoms. The molecule has 2 aromatic rings. The van der Waals surface area contributed by atoms with Crippen LogP contribution in [-0.4, -0.2) is 11.9 Å². The molecule has 0 aliphatic carbocycles. The van der Waals surface area contributed by atoms with Crippen LogP contribution in [0.4, 0.5) is 5.69 Å². The summed E-state index contributed by atoms with van der Waals surface area (Å²) in [6.45, 7) is 1.30. The lowest BCUT2D eigenvalue weighted by atomic mass is 10.2. The van der Waals surface area contributed by atoms with E-state index in [1.165, 1.54) is 6.92 Å². The lowest BCUT2D eigenvalue weighted by Gasteiger charge is -2.10. The second-order valence-electron chi connectivity index (χ2n) is 4.02. The third kappa shape index (κ3) is 3.57. The second kappa shape index (κ2) is 6.51. The van der Waals surface area contributed by atoms with E-state index in [1.807, 2.05) is 24.3 Å². The Bertz CT molecular complexity index is 655. The van der Waals surface area contributed by atoms with Crippen molar-refractivity contribution in [3.05, 3.63) is 57.7 Å². The summed E-state index contributed by atoms with van der Waals surface area (Å²) < 4.78 is 5.97. The zero-order chi connectivity index (χ0) is 14.5. The van der Waals surface area contributed by atoms with Crippen molar-refractivity contribution in [3.8, 4) is 5.75 Å². The van der Waals surface area contributed by atoms with Crippen LogP contribution in [0.25, 0.3) is 0 Å². The molecule has 2 rings (SSSR count). The zero-order valence-electron chi connectivity index (χ0n) is 10.7. The van der Waals surface area contributed by atoms with Crippen molar-refractivity contribution in [1.29, 1.82) is 0 Å². The number of para-hydroxylation sites is 2. The maximum atomic E-state index is 12.3. The van der Waals surface area contributed by atoms with Crippen molar-refractivity contribution in [1.82, 2.24) is 0 Å². The first-order valence-electron chi connectivity index (χ1n) is 5.91. The summed E-state index contributed by atoms with van der Waals surface area (Å²) >= 11 is 2.14. The van der Waals surface area contributed by atoms with Gasteiger partial charge in [-0.05, 0) is 46.9 Å². The largest absolute Gasteiger partial charge is 0.426 e. The van der Waals surface area contributed by atoms with Crippen molar-refractivity contribution in [2.75, 3.05) is 5.32 Å². The highest BCUT2D eigenvalue weighted by molar-refractivity contribution is 14.1. The van der Waals surface area contributed by atoms with E-state index in [0.717, 1.165) is 9.26 Å². The smallest absolute Gasteiger partial charge is 0.308 e. The van der Waals surface area contributed by atoms with E-state index in [4.69, 9.17) is 4.74 Å². The Balaban J connectivity index is 2.26. The predicted molar refractivity (Wildman–Crippen MR) is 84.9 cm³/mol. The quantitative estimate of drug-likeness (QED) is 0.503. The molecule has 0 aliphatic heterocycles. The van der Waals surface area contributed by atoms with Crippen LogP contribution in [-0.2, 0) is 4.79 Å². The van der Waals surface area contributed by atoms with Crippen molar-refractivity contribution >= 4 is 40.2 Å². The van der Waals surface area contributed by atoms with Gasteiger partial charge in [-0.25, -0.2) is 0 Å². The molecule has 0 radical (unpaired) electrons. The highest BCUT2D eigenvalue weighted by atomic mass is 127. The Kier molecular flexibility index (Phi) is 4.73. The average molecular weight is 381 g/mol. The fourth-order valence-electron chi connectivity index (χ4n) is 1.65. The molecule has 0 saturated heterocycles. The number of hydrogen-bond acceptors (Lipinski definition) is 3. The normalized spacial score (nSPS) is 9.90. The molecule has 0 bridgehead atoms. The van der Waals surface area contributed by atoms with Crippen LogP contribution in [0.1, 0.15) is 17.3 Å². The molecule has 0 spiro atoms. The lowest BCUT2D eigenvalue weighted by molar-refractivity contribution is -0.131. The molecular weight excluding hydrogens is 369 g/mol. The summed E-state index contributed by atoms with van der Waals surface area (Å²) in [5, 5.41) is 2.80. The van der Waals surface area contributed by atoms with Gasteiger partial charge in [0.1, 0.15) is 5.75 Å². The fraction of sp³-hybridized carbons (Fsp3) is 0.0667. The van der Waals surface area contributed by atoms with Gasteiger partial charge in [-0.15, -0.1) is 0 Å². The first-order chi connectivity index (χ1) is 9.58. The first-order valence-corrected chi connectivity index (χ1v) is 6.99. The molecule has 0 aromatic heterocycles. The van der Waals surface area contributed by atoms with Gasteiger partial charge >= 0.3 is 5.97 Å². The summed E-state index contributed by atoms with van der Waals surface area (Å²) in [4.78, 5) is 23.3. The molecule has 0 aliphatic rings. The van der Waals surface area contributed by atoms with E-state index in [1.54, 1.807) is 24.3 Å². The summed E-state index contributed by atoms with van der Waals surface area (Å²) in [5.41, 5.74) is 1.04. The minimum absolute atomic E-state index is 0.253. The molecule has 0 saturated carbocycles. The van der Waals surface area contributed by atoms with Crippen LogP contribution in [0.2, 0.25) is 0 Å². The number of esters is 1. The van der Waals surface area contributed by atoms with Gasteiger partial charge in [-0.3, -0.25) is 9.59 Å². The molecule has 1 N–H and O–H groups in total. The number of nitrogens with one attached hydrogen (secondary N) is 1. The maximum absolute atomic E-state index is 12.3. The molecule has 0 heterocycles. The van der Waals surface area contributed by atoms with Gasteiger partial charge in [0.2, 0.25) is 0 Å². The minimum Gasteiger partial charge on any atom is -0.426 e. The van der Waals surface area contributed by atoms with Gasteiger partial charge in [0, 0.05) is 10.5 Å². The number of benzene rings is 2. The van der Waals surface area contributed by atoms with Gasteiger partial charge in [0.25, 0.3) is 5.91 Å². The number of hydrogen-bond donors (Lipinski definition) is 1. The van der Waals surface area contributed by atoms with E-state index < -0.39 is 5.97 Å². The van der Waals surface area contributed by atoms with Crippen molar-refractivity contribution in [3.63, 3.8) is 0 Å². The van der Waals surface area contributed by atoms with Gasteiger partial charge in [-0.2, -0.15) is 0 Å². The van der Waals surface area contributed by atoms with Gasteiger partial charge < -0.3 is 10.1 Å². The molecule has 0 atom stereocenters. The Morgan fingerprint density at radius 3 is 2.40 bits per heavy atom. The van der Waals surface area contributed by atoms with Crippen LogP contribution < -0.4 is 10.1 Å². The number of rotatable bonds is 3. The summed E-state index contributed by atoms with van der Waals surface area (Å²) in [7, 11) is 0. The summed E-state index contributed by atoms with van der Waals surface area (Å²) in [6.07, 6.45) is 0. The standard InChI is InChI=1S/C15H12INO3/c1-10(18)20-14-9-5-2-6-11(14)15(19)17-13-8-4-3-7-12(13)16/h2-9H,1H3,(H,17,19). The first kappa shape index (κ1) is 14.5. The van der Waals surface area contributed by atoms with Crippen LogP contribution in [0.3, 0.4) is 0 Å². The van der Waals surface area contributed by atoms with Crippen LogP contribution in [0.15, 0.2) is 48.5 Å².